The second-order valence-corrected chi connectivity index (χ2v) is 7.81. The van der Waals surface area contributed by atoms with Gasteiger partial charge in [-0.25, -0.2) is 4.57 Å². The van der Waals surface area contributed by atoms with Gasteiger partial charge in [-0.1, -0.05) is 53.7 Å². The van der Waals surface area contributed by atoms with Gasteiger partial charge in [-0.2, -0.15) is 0 Å². The maximum atomic E-state index is 5.81. The molecule has 4 aromatic rings. The Morgan fingerprint density at radius 2 is 1.70 bits per heavy atom. The minimum Gasteiger partial charge on any atom is -0.355 e. The Morgan fingerprint density at radius 3 is 2.56 bits per heavy atom. The van der Waals surface area contributed by atoms with Crippen LogP contribution in [0.1, 0.15) is 11.1 Å². The lowest BCUT2D eigenvalue weighted by Gasteiger charge is -2.02. The van der Waals surface area contributed by atoms with E-state index in [9.17, 15) is 0 Å². The van der Waals surface area contributed by atoms with Crippen molar-refractivity contribution in [1.82, 2.24) is 5.16 Å². The summed E-state index contributed by atoms with van der Waals surface area (Å²) in [7, 11) is 0. The fraction of sp³-hybridized carbons (Fsp3) is 0.130. The molecule has 0 atom stereocenters. The summed E-state index contributed by atoms with van der Waals surface area (Å²) < 4.78 is 7.99. The van der Waals surface area contributed by atoms with Crippen molar-refractivity contribution in [3.63, 3.8) is 0 Å². The molecule has 2 aromatic carbocycles. The van der Waals surface area contributed by atoms with Gasteiger partial charge in [0.15, 0.2) is 24.7 Å². The highest BCUT2D eigenvalue weighted by molar-refractivity contribution is 7.99. The van der Waals surface area contributed by atoms with E-state index in [1.807, 2.05) is 17.8 Å². The molecule has 4 heteroatoms. The molecule has 0 saturated heterocycles. The molecular formula is C23H19N2OS+. The Morgan fingerprint density at radius 1 is 0.926 bits per heavy atom. The minimum absolute atomic E-state index is 0.861. The normalized spacial score (nSPS) is 12.9. The second kappa shape index (κ2) is 7.05. The summed E-state index contributed by atoms with van der Waals surface area (Å²) in [5.74, 6) is 1.94. The number of pyridine rings is 1. The maximum absolute atomic E-state index is 5.81. The van der Waals surface area contributed by atoms with Gasteiger partial charge in [-0.15, -0.1) is 11.8 Å². The number of benzene rings is 2. The van der Waals surface area contributed by atoms with Crippen molar-refractivity contribution in [3.8, 4) is 22.6 Å². The molecule has 0 fully saturated rings. The first-order valence-electron chi connectivity index (χ1n) is 9.12. The van der Waals surface area contributed by atoms with Crippen LogP contribution in [0.15, 0.2) is 88.5 Å². The Bertz CT molecular complexity index is 1070. The smallest absolute Gasteiger partial charge is 0.173 e. The lowest BCUT2D eigenvalue weighted by Crippen LogP contribution is -2.32. The van der Waals surface area contributed by atoms with Gasteiger partial charge < -0.3 is 4.52 Å². The van der Waals surface area contributed by atoms with Crippen molar-refractivity contribution < 1.29 is 9.09 Å². The summed E-state index contributed by atoms with van der Waals surface area (Å²) in [5.41, 5.74) is 5.76. The molecule has 0 spiro atoms. The first kappa shape index (κ1) is 16.3. The number of nitrogens with zero attached hydrogens (tertiary/aromatic N) is 2. The highest BCUT2D eigenvalue weighted by Crippen LogP contribution is 2.40. The Hall–Kier alpha value is -2.85. The van der Waals surface area contributed by atoms with Crippen LogP contribution in [0.4, 0.5) is 0 Å². The van der Waals surface area contributed by atoms with Crippen LogP contribution in [-0.4, -0.2) is 10.9 Å². The number of hydrogen-bond acceptors (Lipinski definition) is 3. The summed E-state index contributed by atoms with van der Waals surface area (Å²) in [5, 5.41) is 4.43. The van der Waals surface area contributed by atoms with Crippen LogP contribution in [0, 0.1) is 0 Å². The van der Waals surface area contributed by atoms with Crippen LogP contribution in [-0.2, 0) is 13.0 Å². The molecule has 0 aliphatic carbocycles. The van der Waals surface area contributed by atoms with Crippen LogP contribution in [0.2, 0.25) is 0 Å². The molecule has 0 bridgehead atoms. The Labute approximate surface area is 162 Å². The molecule has 3 nitrogen and oxygen atoms in total. The van der Waals surface area contributed by atoms with E-state index in [1.165, 1.54) is 21.6 Å². The zero-order valence-electron chi connectivity index (χ0n) is 14.8. The van der Waals surface area contributed by atoms with Gasteiger partial charge >= 0.3 is 0 Å². The quantitative estimate of drug-likeness (QED) is 0.475. The highest BCUT2D eigenvalue weighted by atomic mass is 32.2. The van der Waals surface area contributed by atoms with Gasteiger partial charge in [0.2, 0.25) is 0 Å². The molecule has 27 heavy (non-hydrogen) atoms. The summed E-state index contributed by atoms with van der Waals surface area (Å²) in [6.07, 6.45) is 5.18. The van der Waals surface area contributed by atoms with Crippen LogP contribution in [0.3, 0.4) is 0 Å². The van der Waals surface area contributed by atoms with Crippen LogP contribution in [0.25, 0.3) is 22.6 Å². The lowest BCUT2D eigenvalue weighted by molar-refractivity contribution is -0.688. The number of thioether (sulfide) groups is 1. The molecule has 0 radical (unpaired) electrons. The lowest BCUT2D eigenvalue weighted by atomic mass is 10.0. The van der Waals surface area contributed by atoms with Crippen molar-refractivity contribution in [2.45, 2.75) is 17.9 Å². The molecule has 5 rings (SSSR count). The highest BCUT2D eigenvalue weighted by Gasteiger charge is 2.23. The molecule has 1 aliphatic heterocycles. The van der Waals surface area contributed by atoms with Crippen molar-refractivity contribution in [2.24, 2.45) is 0 Å². The van der Waals surface area contributed by atoms with E-state index < -0.39 is 0 Å². The Kier molecular flexibility index (Phi) is 4.26. The number of hydrogen-bond donors (Lipinski definition) is 0. The average molecular weight is 371 g/mol. The SMILES string of the molecule is c1ccc(C[n+]2ccc(-c3onc4c3CCSc3ccccc3-4)cc2)cc1. The van der Waals surface area contributed by atoms with Gasteiger partial charge in [0.1, 0.15) is 5.69 Å². The van der Waals surface area contributed by atoms with E-state index >= 15 is 0 Å². The third-order valence-corrected chi connectivity index (χ3v) is 5.98. The summed E-state index contributed by atoms with van der Waals surface area (Å²) in [4.78, 5) is 1.28. The predicted molar refractivity (Wildman–Crippen MR) is 108 cm³/mol. The minimum atomic E-state index is 0.861. The van der Waals surface area contributed by atoms with E-state index in [0.29, 0.717) is 0 Å². The standard InChI is InChI=1S/C23H19N2OS/c1-2-6-17(7-3-1)16-25-13-10-18(11-14-25)23-20-12-15-27-21-9-5-4-8-19(21)22(20)24-26-23/h1-11,13-14H,12,15-16H2/q+1. The van der Waals surface area contributed by atoms with Gasteiger partial charge in [-0.05, 0) is 12.5 Å². The predicted octanol–water partition coefficient (Wildman–Crippen LogP) is 4.99. The fourth-order valence-corrected chi connectivity index (χ4v) is 4.56. The van der Waals surface area contributed by atoms with E-state index in [1.54, 1.807) is 0 Å². The third-order valence-electron chi connectivity index (χ3n) is 4.90. The maximum Gasteiger partial charge on any atom is 0.173 e. The van der Waals surface area contributed by atoms with Gasteiger partial charge in [0.25, 0.3) is 0 Å². The fourth-order valence-electron chi connectivity index (χ4n) is 3.54. The molecule has 132 valence electrons. The van der Waals surface area contributed by atoms with Crippen molar-refractivity contribution in [1.29, 1.82) is 0 Å². The summed E-state index contributed by atoms with van der Waals surface area (Å²) in [6, 6.07) is 23.2. The molecule has 1 aliphatic rings. The average Bonchev–Trinajstić information content (AvgIpc) is 3.05. The van der Waals surface area contributed by atoms with Crippen molar-refractivity contribution in [2.75, 3.05) is 5.75 Å². The first-order chi connectivity index (χ1) is 13.4. The molecule has 0 unspecified atom stereocenters. The number of rotatable bonds is 3. The number of aromatic nitrogens is 2. The zero-order valence-corrected chi connectivity index (χ0v) is 15.7. The summed E-state index contributed by atoms with van der Waals surface area (Å²) in [6.45, 7) is 0.861. The molecule has 0 N–H and O–H groups in total. The molecule has 2 aromatic heterocycles. The van der Waals surface area contributed by atoms with Gasteiger partial charge in [-0.3, -0.25) is 0 Å². The van der Waals surface area contributed by atoms with Gasteiger partial charge in [0, 0.05) is 45.0 Å². The van der Waals surface area contributed by atoms with E-state index in [4.69, 9.17) is 4.52 Å². The zero-order chi connectivity index (χ0) is 18.1. The Balaban J connectivity index is 1.47. The largest absolute Gasteiger partial charge is 0.355 e. The van der Waals surface area contributed by atoms with E-state index in [2.05, 4.69) is 82.8 Å². The van der Waals surface area contributed by atoms with Crippen LogP contribution < -0.4 is 4.57 Å². The second-order valence-electron chi connectivity index (χ2n) is 6.68. The third kappa shape index (κ3) is 3.17. The first-order valence-corrected chi connectivity index (χ1v) is 10.1. The summed E-state index contributed by atoms with van der Waals surface area (Å²) >= 11 is 1.89. The van der Waals surface area contributed by atoms with Crippen molar-refractivity contribution >= 4 is 11.8 Å². The van der Waals surface area contributed by atoms with Crippen LogP contribution in [0.5, 0.6) is 0 Å². The van der Waals surface area contributed by atoms with Crippen LogP contribution >= 0.6 is 11.8 Å². The number of fused-ring (bicyclic) bond motifs is 3. The molecular weight excluding hydrogens is 352 g/mol. The van der Waals surface area contributed by atoms with E-state index in [0.717, 1.165) is 35.7 Å². The molecule has 0 saturated carbocycles. The topological polar surface area (TPSA) is 29.9 Å². The van der Waals surface area contributed by atoms with Gasteiger partial charge in [0.05, 0.1) is 0 Å². The molecule has 0 amide bonds. The van der Waals surface area contributed by atoms with Crippen molar-refractivity contribution in [3.05, 3.63) is 90.3 Å². The monoisotopic (exact) mass is 371 g/mol. The molecule has 3 heterocycles. The van der Waals surface area contributed by atoms with E-state index in [-0.39, 0.29) is 0 Å².